The number of nitrogens with zero attached hydrogens (tertiary/aromatic N) is 2. The molecular formula is C10H12N2O3S2. The van der Waals surface area contributed by atoms with Gasteiger partial charge >= 0.3 is 0 Å². The van der Waals surface area contributed by atoms with Crippen LogP contribution in [-0.4, -0.2) is 35.1 Å². The summed E-state index contributed by atoms with van der Waals surface area (Å²) in [5.74, 6) is -0.321. The molecule has 1 unspecified atom stereocenters. The lowest BCUT2D eigenvalue weighted by Gasteiger charge is -2.06. The van der Waals surface area contributed by atoms with Crippen molar-refractivity contribution in [1.82, 2.24) is 9.38 Å². The predicted molar refractivity (Wildman–Crippen MR) is 66.1 cm³/mol. The van der Waals surface area contributed by atoms with Gasteiger partial charge in [-0.1, -0.05) is 0 Å². The molecule has 0 aliphatic rings. The van der Waals surface area contributed by atoms with E-state index in [0.717, 1.165) is 11.2 Å². The summed E-state index contributed by atoms with van der Waals surface area (Å²) in [5.41, 5.74) is 0.609. The molecule has 0 saturated carbocycles. The van der Waals surface area contributed by atoms with Crippen molar-refractivity contribution >= 4 is 31.9 Å². The number of ketones is 1. The number of thiazole rings is 1. The summed E-state index contributed by atoms with van der Waals surface area (Å²) in [6, 6.07) is 0. The second kappa shape index (κ2) is 4.23. The number of Topliss-reactive ketones (excluding diaryl/α,β-unsaturated/α-hetero) is 1. The molecule has 0 spiro atoms. The number of sulfone groups is 1. The molecule has 2 heterocycles. The lowest BCUT2D eigenvalue weighted by atomic mass is 10.2. The Labute approximate surface area is 103 Å². The molecular weight excluding hydrogens is 260 g/mol. The summed E-state index contributed by atoms with van der Waals surface area (Å²) < 4.78 is 24.3. The van der Waals surface area contributed by atoms with Crippen molar-refractivity contribution in [3.05, 3.63) is 23.5 Å². The Morgan fingerprint density at radius 2 is 2.29 bits per heavy atom. The maximum Gasteiger partial charge on any atom is 0.193 e. The van der Waals surface area contributed by atoms with Gasteiger partial charge in [-0.15, -0.1) is 11.3 Å². The lowest BCUT2D eigenvalue weighted by molar-refractivity contribution is -0.117. The van der Waals surface area contributed by atoms with Crippen LogP contribution < -0.4 is 0 Å². The van der Waals surface area contributed by atoms with E-state index in [-0.39, 0.29) is 12.2 Å². The molecule has 0 saturated heterocycles. The van der Waals surface area contributed by atoms with Gasteiger partial charge in [0.05, 0.1) is 12.1 Å². The minimum atomic E-state index is -3.32. The zero-order valence-electron chi connectivity index (χ0n) is 9.45. The van der Waals surface area contributed by atoms with E-state index in [0.29, 0.717) is 5.69 Å². The van der Waals surface area contributed by atoms with Crippen LogP contribution in [0, 0.1) is 0 Å². The third kappa shape index (κ3) is 2.55. The molecule has 0 N–H and O–H groups in total. The van der Waals surface area contributed by atoms with Gasteiger partial charge in [-0.3, -0.25) is 9.20 Å². The number of hydrogen-bond donors (Lipinski definition) is 0. The van der Waals surface area contributed by atoms with Gasteiger partial charge in [-0.25, -0.2) is 13.4 Å². The Kier molecular flexibility index (Phi) is 3.05. The SMILES string of the molecule is CC(C(=O)Cc1cn2ccsc2n1)S(C)(=O)=O. The van der Waals surface area contributed by atoms with E-state index in [1.807, 2.05) is 16.0 Å². The second-order valence-electron chi connectivity index (χ2n) is 3.94. The highest BCUT2D eigenvalue weighted by Gasteiger charge is 2.24. The zero-order chi connectivity index (χ0) is 12.6. The van der Waals surface area contributed by atoms with Crippen LogP contribution in [0.2, 0.25) is 0 Å². The molecule has 1 atom stereocenters. The summed E-state index contributed by atoms with van der Waals surface area (Å²) in [4.78, 5) is 16.8. The number of carbonyl (C=O) groups excluding carboxylic acids is 1. The largest absolute Gasteiger partial charge is 0.298 e. The highest BCUT2D eigenvalue weighted by molar-refractivity contribution is 7.92. The van der Waals surface area contributed by atoms with Crippen molar-refractivity contribution in [2.75, 3.05) is 6.26 Å². The standard InChI is InChI=1S/C10H12N2O3S2/c1-7(17(2,14)15)9(13)5-8-6-12-3-4-16-10(12)11-8/h3-4,6-7H,5H2,1-2H3. The molecule has 0 radical (unpaired) electrons. The summed E-state index contributed by atoms with van der Waals surface area (Å²) in [5, 5.41) is 0.926. The molecule has 2 aromatic rings. The van der Waals surface area contributed by atoms with Gasteiger partial charge in [-0.05, 0) is 6.92 Å². The number of rotatable bonds is 4. The van der Waals surface area contributed by atoms with E-state index >= 15 is 0 Å². The fourth-order valence-corrected chi connectivity index (χ4v) is 2.70. The maximum atomic E-state index is 11.7. The third-order valence-corrected chi connectivity index (χ3v) is 4.91. The van der Waals surface area contributed by atoms with Gasteiger partial charge in [0.1, 0.15) is 5.25 Å². The number of fused-ring (bicyclic) bond motifs is 1. The molecule has 0 aliphatic carbocycles. The zero-order valence-corrected chi connectivity index (χ0v) is 11.1. The van der Waals surface area contributed by atoms with Gasteiger partial charge in [0.15, 0.2) is 20.6 Å². The summed E-state index contributed by atoms with van der Waals surface area (Å²) in [6.07, 6.45) is 4.73. The van der Waals surface area contributed by atoms with E-state index < -0.39 is 15.1 Å². The Hall–Kier alpha value is -1.21. The van der Waals surface area contributed by atoms with Crippen LogP contribution in [0.3, 0.4) is 0 Å². The molecule has 0 fully saturated rings. The average molecular weight is 272 g/mol. The van der Waals surface area contributed by atoms with Gasteiger partial charge in [0.25, 0.3) is 0 Å². The van der Waals surface area contributed by atoms with Crippen molar-refractivity contribution < 1.29 is 13.2 Å². The highest BCUT2D eigenvalue weighted by Crippen LogP contribution is 2.13. The highest BCUT2D eigenvalue weighted by atomic mass is 32.2. The molecule has 0 amide bonds. The van der Waals surface area contributed by atoms with Crippen molar-refractivity contribution in [3.8, 4) is 0 Å². The van der Waals surface area contributed by atoms with Gasteiger partial charge in [0, 0.05) is 24.0 Å². The number of imidazole rings is 1. The molecule has 2 aromatic heterocycles. The van der Waals surface area contributed by atoms with Crippen molar-refractivity contribution in [3.63, 3.8) is 0 Å². The predicted octanol–water partition coefficient (Wildman–Crippen LogP) is 0.941. The van der Waals surface area contributed by atoms with Crippen LogP contribution in [0.1, 0.15) is 12.6 Å². The first-order valence-electron chi connectivity index (χ1n) is 5.00. The van der Waals surface area contributed by atoms with E-state index in [9.17, 15) is 13.2 Å². The summed E-state index contributed by atoms with van der Waals surface area (Å²) >= 11 is 1.47. The van der Waals surface area contributed by atoms with Gasteiger partial charge in [0.2, 0.25) is 0 Å². The maximum absolute atomic E-state index is 11.7. The normalized spacial score (nSPS) is 14.0. The molecule has 0 aromatic carbocycles. The molecule has 0 bridgehead atoms. The Bertz CT molecular complexity index is 625. The van der Waals surface area contributed by atoms with Crippen molar-refractivity contribution in [2.24, 2.45) is 0 Å². The van der Waals surface area contributed by atoms with Crippen LogP contribution in [0.25, 0.3) is 4.96 Å². The van der Waals surface area contributed by atoms with Gasteiger partial charge in [-0.2, -0.15) is 0 Å². The molecule has 0 aliphatic heterocycles. The Balaban J connectivity index is 2.17. The molecule has 5 nitrogen and oxygen atoms in total. The van der Waals surface area contributed by atoms with Crippen LogP contribution in [0.4, 0.5) is 0 Å². The number of aromatic nitrogens is 2. The number of hydrogen-bond acceptors (Lipinski definition) is 5. The molecule has 7 heteroatoms. The van der Waals surface area contributed by atoms with Crippen molar-refractivity contribution in [1.29, 1.82) is 0 Å². The topological polar surface area (TPSA) is 68.5 Å². The van der Waals surface area contributed by atoms with E-state index in [2.05, 4.69) is 4.98 Å². The Morgan fingerprint density at radius 1 is 1.59 bits per heavy atom. The van der Waals surface area contributed by atoms with Crippen molar-refractivity contribution in [2.45, 2.75) is 18.6 Å². The van der Waals surface area contributed by atoms with E-state index in [1.54, 1.807) is 6.20 Å². The quantitative estimate of drug-likeness (QED) is 0.830. The average Bonchev–Trinajstić information content (AvgIpc) is 2.74. The monoisotopic (exact) mass is 272 g/mol. The van der Waals surface area contributed by atoms with Crippen LogP contribution in [-0.2, 0) is 21.1 Å². The first-order chi connectivity index (χ1) is 7.88. The van der Waals surface area contributed by atoms with E-state index in [1.165, 1.54) is 18.3 Å². The lowest BCUT2D eigenvalue weighted by Crippen LogP contribution is -2.27. The second-order valence-corrected chi connectivity index (χ2v) is 7.18. The van der Waals surface area contributed by atoms with E-state index in [4.69, 9.17) is 0 Å². The molecule has 2 rings (SSSR count). The minimum Gasteiger partial charge on any atom is -0.298 e. The fraction of sp³-hybridized carbons (Fsp3) is 0.400. The summed E-state index contributed by atoms with van der Waals surface area (Å²) in [6.45, 7) is 1.41. The van der Waals surface area contributed by atoms with Crippen LogP contribution in [0.5, 0.6) is 0 Å². The summed E-state index contributed by atoms with van der Waals surface area (Å²) in [7, 11) is -3.32. The Morgan fingerprint density at radius 3 is 2.88 bits per heavy atom. The first kappa shape index (κ1) is 12.3. The fourth-order valence-electron chi connectivity index (χ4n) is 1.42. The third-order valence-electron chi connectivity index (χ3n) is 2.59. The molecule has 17 heavy (non-hydrogen) atoms. The smallest absolute Gasteiger partial charge is 0.193 e. The first-order valence-corrected chi connectivity index (χ1v) is 7.84. The van der Waals surface area contributed by atoms with Crippen LogP contribution in [0.15, 0.2) is 17.8 Å². The van der Waals surface area contributed by atoms with Crippen LogP contribution >= 0.6 is 11.3 Å². The van der Waals surface area contributed by atoms with Gasteiger partial charge < -0.3 is 0 Å². The number of carbonyl (C=O) groups is 1. The molecule has 92 valence electrons. The minimum absolute atomic E-state index is 0.0582.